The maximum absolute atomic E-state index is 11.7. The lowest BCUT2D eigenvalue weighted by atomic mass is 10.5. The van der Waals surface area contributed by atoms with Gasteiger partial charge in [0.2, 0.25) is 0 Å². The van der Waals surface area contributed by atoms with E-state index in [1.807, 2.05) is 0 Å². The highest BCUT2D eigenvalue weighted by molar-refractivity contribution is 7.53. The zero-order valence-corrected chi connectivity index (χ0v) is 10.3. The van der Waals surface area contributed by atoms with Crippen LogP contribution in [-0.2, 0) is 18.6 Å². The van der Waals surface area contributed by atoms with Crippen molar-refractivity contribution in [3.63, 3.8) is 0 Å². The fourth-order valence-electron chi connectivity index (χ4n) is 0.840. The third kappa shape index (κ3) is 5.61. The molecule has 6 nitrogen and oxygen atoms in total. The van der Waals surface area contributed by atoms with E-state index >= 15 is 0 Å². The van der Waals surface area contributed by atoms with E-state index < -0.39 is 19.9 Å². The molecule has 7 heteroatoms. The van der Waals surface area contributed by atoms with Crippen molar-refractivity contribution in [3.8, 4) is 0 Å². The molecule has 0 bridgehead atoms. The Hall–Kier alpha value is 0.0300. The third-order valence-corrected chi connectivity index (χ3v) is 2.98. The van der Waals surface area contributed by atoms with E-state index in [-0.39, 0.29) is 13.2 Å². The first-order valence-corrected chi connectivity index (χ1v) is 6.62. The van der Waals surface area contributed by atoms with Gasteiger partial charge in [-0.2, -0.15) is 0 Å². The molecule has 0 spiro atoms. The molecule has 3 N–H and O–H groups in total. The predicted molar refractivity (Wildman–Crippen MR) is 56.2 cm³/mol. The van der Waals surface area contributed by atoms with Gasteiger partial charge < -0.3 is 20.1 Å². The van der Waals surface area contributed by atoms with Crippen LogP contribution in [0.15, 0.2) is 0 Å². The minimum atomic E-state index is -3.98. The van der Waals surface area contributed by atoms with Gasteiger partial charge in [-0.1, -0.05) is 6.92 Å². The molecule has 0 rings (SSSR count). The third-order valence-electron chi connectivity index (χ3n) is 1.57. The van der Waals surface area contributed by atoms with Crippen molar-refractivity contribution in [1.82, 2.24) is 0 Å². The Morgan fingerprint density at radius 1 is 1.27 bits per heavy atom. The van der Waals surface area contributed by atoms with Crippen LogP contribution in [0.3, 0.4) is 0 Å². The molecule has 0 aliphatic rings. The van der Waals surface area contributed by atoms with Gasteiger partial charge >= 0.3 is 7.60 Å². The summed E-state index contributed by atoms with van der Waals surface area (Å²) in [5.41, 5.74) is 5.42. The Bertz CT molecular complexity index is 207. The van der Waals surface area contributed by atoms with E-state index in [0.29, 0.717) is 6.42 Å². The average molecular weight is 241 g/mol. The van der Waals surface area contributed by atoms with Gasteiger partial charge in [0.25, 0.3) is 6.03 Å². The summed E-state index contributed by atoms with van der Waals surface area (Å²) in [7, 11) is -3.98. The largest absolute Gasteiger partial charge is 0.385 e. The van der Waals surface area contributed by atoms with Crippen molar-refractivity contribution in [1.29, 1.82) is 0 Å². The second kappa shape index (κ2) is 7.33. The van der Waals surface area contributed by atoms with Crippen LogP contribution in [0.25, 0.3) is 0 Å². The number of hydrogen-bond acceptors (Lipinski definition) is 5. The zero-order chi connectivity index (χ0) is 11.9. The zero-order valence-electron chi connectivity index (χ0n) is 9.38. The van der Waals surface area contributed by atoms with E-state index in [9.17, 15) is 9.46 Å². The second-order valence-corrected chi connectivity index (χ2v) is 4.59. The molecule has 2 atom stereocenters. The van der Waals surface area contributed by atoms with Crippen molar-refractivity contribution in [2.45, 2.75) is 39.5 Å². The highest BCUT2D eigenvalue weighted by atomic mass is 31.2. The van der Waals surface area contributed by atoms with Crippen molar-refractivity contribution >= 4 is 7.60 Å². The summed E-state index contributed by atoms with van der Waals surface area (Å²) in [6, 6.07) is -1.26. The molecule has 0 aromatic heterocycles. The molecule has 0 amide bonds. The lowest BCUT2D eigenvalue weighted by molar-refractivity contribution is -0.0983. The van der Waals surface area contributed by atoms with Gasteiger partial charge in [0.15, 0.2) is 0 Å². The molecule has 2 unspecified atom stereocenters. The molecule has 0 aromatic rings. The normalized spacial score (nSPS) is 17.7. The molecule has 92 valence electrons. The van der Waals surface area contributed by atoms with Crippen LogP contribution in [0.5, 0.6) is 0 Å². The molecule has 0 fully saturated rings. The Morgan fingerprint density at radius 3 is 2.07 bits per heavy atom. The Labute approximate surface area is 90.2 Å². The van der Waals surface area contributed by atoms with Crippen LogP contribution in [-0.4, -0.2) is 30.4 Å². The molecule has 0 saturated heterocycles. The first-order chi connectivity index (χ1) is 6.97. The molecule has 0 heterocycles. The highest BCUT2D eigenvalue weighted by Gasteiger charge is 2.35. The van der Waals surface area contributed by atoms with E-state index in [0.717, 1.165) is 0 Å². The maximum atomic E-state index is 11.7. The van der Waals surface area contributed by atoms with Gasteiger partial charge in [-0.15, -0.1) is 0 Å². The Kier molecular flexibility index (Phi) is 7.34. The summed E-state index contributed by atoms with van der Waals surface area (Å²) < 4.78 is 26.4. The summed E-state index contributed by atoms with van der Waals surface area (Å²) in [5.74, 6) is 0. The molecule has 0 aromatic carbocycles. The Balaban J connectivity index is 4.40. The first kappa shape index (κ1) is 15.0. The van der Waals surface area contributed by atoms with Crippen LogP contribution >= 0.6 is 7.60 Å². The summed E-state index contributed by atoms with van der Waals surface area (Å²) in [6.45, 7) is 5.68. The average Bonchev–Trinajstić information content (AvgIpc) is 2.16. The van der Waals surface area contributed by atoms with E-state index in [2.05, 4.69) is 0 Å². The van der Waals surface area contributed by atoms with Gasteiger partial charge in [-0.05, 0) is 20.3 Å². The van der Waals surface area contributed by atoms with Crippen LogP contribution in [0, 0.1) is 0 Å². The molecule has 0 aliphatic heterocycles. The minimum Gasteiger partial charge on any atom is -0.343 e. The number of rotatable bonds is 8. The van der Waals surface area contributed by atoms with Crippen molar-refractivity contribution in [2.75, 3.05) is 13.2 Å². The smallest absolute Gasteiger partial charge is 0.343 e. The summed E-state index contributed by atoms with van der Waals surface area (Å²) >= 11 is 0. The van der Waals surface area contributed by atoms with Crippen LogP contribution in [0.2, 0.25) is 0 Å². The molecule has 0 aliphatic carbocycles. The van der Waals surface area contributed by atoms with Gasteiger partial charge in [-0.25, -0.2) is 0 Å². The maximum Gasteiger partial charge on any atom is 0.385 e. The Morgan fingerprint density at radius 2 is 1.73 bits per heavy atom. The monoisotopic (exact) mass is 241 g/mol. The van der Waals surface area contributed by atoms with Crippen LogP contribution < -0.4 is 5.73 Å². The standard InChI is InChI=1S/C8H20NO5P/c1-4-7(9)14-15(10,11)8(12-5-2)13-6-3/h7-8H,4-6,9H2,1-3H3,(H,10,11). The molecule has 15 heavy (non-hydrogen) atoms. The first-order valence-electron chi connectivity index (χ1n) is 4.97. The SMILES string of the molecule is CCOC(OCC)P(=O)(O)OC(N)CC. The summed E-state index contributed by atoms with van der Waals surface area (Å²) in [6.07, 6.45) is -0.348. The topological polar surface area (TPSA) is 91.0 Å². The number of nitrogens with two attached hydrogens (primary N) is 1. The van der Waals surface area contributed by atoms with E-state index in [1.54, 1.807) is 20.8 Å². The quantitative estimate of drug-likeness (QED) is 0.490. The van der Waals surface area contributed by atoms with Crippen molar-refractivity contribution < 1.29 is 23.5 Å². The van der Waals surface area contributed by atoms with Crippen molar-refractivity contribution in [3.05, 3.63) is 0 Å². The molecular formula is C8H20NO5P. The van der Waals surface area contributed by atoms with E-state index in [1.165, 1.54) is 0 Å². The van der Waals surface area contributed by atoms with Gasteiger partial charge in [0.05, 0.1) is 0 Å². The minimum absolute atomic E-state index is 0.264. The fraction of sp³-hybridized carbons (Fsp3) is 1.00. The summed E-state index contributed by atoms with van der Waals surface area (Å²) in [5, 5.41) is 0. The lowest BCUT2D eigenvalue weighted by Gasteiger charge is -2.24. The number of hydrogen-bond donors (Lipinski definition) is 2. The fourth-order valence-corrected chi connectivity index (χ4v) is 2.15. The van der Waals surface area contributed by atoms with Crippen LogP contribution in [0.4, 0.5) is 0 Å². The molecule has 0 radical (unpaired) electrons. The highest BCUT2D eigenvalue weighted by Crippen LogP contribution is 2.49. The predicted octanol–water partition coefficient (Wildman–Crippen LogP) is 1.24. The molecule has 0 saturated carbocycles. The second-order valence-electron chi connectivity index (χ2n) is 2.83. The summed E-state index contributed by atoms with van der Waals surface area (Å²) in [4.78, 5) is 9.54. The van der Waals surface area contributed by atoms with Crippen LogP contribution in [0.1, 0.15) is 27.2 Å². The van der Waals surface area contributed by atoms with Gasteiger partial charge in [0.1, 0.15) is 6.23 Å². The van der Waals surface area contributed by atoms with Gasteiger partial charge in [0, 0.05) is 13.2 Å². The number of ether oxygens (including phenoxy) is 2. The lowest BCUT2D eigenvalue weighted by Crippen LogP contribution is -2.26. The van der Waals surface area contributed by atoms with Gasteiger partial charge in [-0.3, -0.25) is 9.09 Å². The molecular weight excluding hydrogens is 221 g/mol. The van der Waals surface area contributed by atoms with E-state index in [4.69, 9.17) is 19.7 Å². The van der Waals surface area contributed by atoms with Crippen molar-refractivity contribution in [2.24, 2.45) is 5.73 Å².